The number of para-hydroxylation sites is 1. The lowest BCUT2D eigenvalue weighted by Crippen LogP contribution is -2.49. The first-order valence-corrected chi connectivity index (χ1v) is 20.9. The van der Waals surface area contributed by atoms with E-state index in [2.05, 4.69) is 51.2 Å². The van der Waals surface area contributed by atoms with Crippen LogP contribution < -0.4 is 31.7 Å². The lowest BCUT2D eigenvalue weighted by molar-refractivity contribution is -0.122. The Kier molecular flexibility index (Phi) is 14.6. The van der Waals surface area contributed by atoms with E-state index < -0.39 is 0 Å². The van der Waals surface area contributed by atoms with Crippen LogP contribution in [0.1, 0.15) is 71.3 Å². The number of hydrogen-bond acceptors (Lipinski definition) is 14. The number of hydrogen-bond donors (Lipinski definition) is 5. The first kappa shape index (κ1) is 43.5. The fourth-order valence-corrected chi connectivity index (χ4v) is 7.76. The number of ketones is 1. The number of pyridine rings is 2. The van der Waals surface area contributed by atoms with Gasteiger partial charge in [0, 0.05) is 56.4 Å². The topological polar surface area (TPSA) is 231 Å². The van der Waals surface area contributed by atoms with Gasteiger partial charge < -0.3 is 35.6 Å². The maximum Gasteiger partial charge on any atom is 0.263 e. The Bertz CT molecular complexity index is 2410. The van der Waals surface area contributed by atoms with Crippen molar-refractivity contribution in [3.63, 3.8) is 0 Å². The van der Waals surface area contributed by atoms with E-state index in [1.165, 1.54) is 13.1 Å². The van der Waals surface area contributed by atoms with Crippen LogP contribution >= 0.6 is 0 Å². The molecule has 3 amide bonds. The molecule has 62 heavy (non-hydrogen) atoms. The number of carbonyl (C=O) groups excluding carboxylic acids is 4. The van der Waals surface area contributed by atoms with Gasteiger partial charge in [-0.25, -0.2) is 9.97 Å². The quantitative estimate of drug-likeness (QED) is 0.0588. The number of ether oxygens (including phenoxy) is 2. The number of piperazine rings is 1. The number of amides is 3. The lowest BCUT2D eigenvalue weighted by atomic mass is 10.0. The lowest BCUT2D eigenvalue weighted by Gasteiger charge is -2.35. The van der Waals surface area contributed by atoms with Crippen molar-refractivity contribution < 1.29 is 28.7 Å². The number of Topliss-reactive ketones (excluding diaryl/α,β-unsaturated/α-hetero) is 1. The molecule has 1 aromatic carbocycles. The summed E-state index contributed by atoms with van der Waals surface area (Å²) in [4.78, 5) is 81.9. The highest BCUT2D eigenvalue weighted by atomic mass is 16.5. The van der Waals surface area contributed by atoms with Crippen LogP contribution in [0, 0.1) is 6.92 Å². The van der Waals surface area contributed by atoms with E-state index in [0.29, 0.717) is 78.3 Å². The summed E-state index contributed by atoms with van der Waals surface area (Å²) in [7, 11) is 0. The van der Waals surface area contributed by atoms with Gasteiger partial charge in [0.05, 0.1) is 74.3 Å². The van der Waals surface area contributed by atoms with Gasteiger partial charge in [0.25, 0.3) is 11.5 Å². The fourth-order valence-electron chi connectivity index (χ4n) is 7.76. The van der Waals surface area contributed by atoms with Crippen molar-refractivity contribution in [3.8, 4) is 0 Å². The van der Waals surface area contributed by atoms with Crippen molar-refractivity contribution in [2.45, 2.75) is 52.0 Å². The number of carbonyl (C=O) groups is 4. The van der Waals surface area contributed by atoms with Crippen LogP contribution in [0.2, 0.25) is 0 Å². The van der Waals surface area contributed by atoms with E-state index in [1.54, 1.807) is 54.2 Å². The molecule has 2 aliphatic rings. The maximum atomic E-state index is 13.5. The van der Waals surface area contributed by atoms with Crippen molar-refractivity contribution >= 4 is 63.5 Å². The van der Waals surface area contributed by atoms with Gasteiger partial charge in [0.2, 0.25) is 17.8 Å². The number of benzene rings is 1. The van der Waals surface area contributed by atoms with Crippen molar-refractivity contribution in [1.29, 1.82) is 0 Å². The molecule has 0 bridgehead atoms. The Balaban J connectivity index is 0.768. The molecule has 5 heterocycles. The molecule has 1 saturated heterocycles. The summed E-state index contributed by atoms with van der Waals surface area (Å²) in [6.07, 6.45) is 8.88. The van der Waals surface area contributed by atoms with E-state index in [-0.39, 0.29) is 66.8 Å². The van der Waals surface area contributed by atoms with Gasteiger partial charge >= 0.3 is 0 Å². The standard InChI is InChI=1S/C43H52N12O7/c1-28-33-26-46-43(51-40(33)55(30-7-3-4-8-30)42(60)39(28)29(2)56)50-35-12-11-31(25-45-35)54-19-17-53(18-20-54)27-38(58)44-16-22-62-24-23-61-21-14-37(57)48-34-10-6-5-9-32(34)41(59)49-36-13-15-47-52-36/h5-6,9-13,15,25-26,30H,3-4,7-8,14,16-24,27H2,1-2H3,(H,44,58)(H,48,57)(H,45,46,50,51)(H2,47,49,52,59). The van der Waals surface area contributed by atoms with Crippen LogP contribution in [0.15, 0.2) is 65.8 Å². The van der Waals surface area contributed by atoms with Crippen molar-refractivity contribution in [1.82, 2.24) is 39.9 Å². The van der Waals surface area contributed by atoms with Crippen LogP contribution in [0.4, 0.5) is 29.0 Å². The third-order valence-corrected chi connectivity index (χ3v) is 11.0. The minimum absolute atomic E-state index is 0.00647. The highest BCUT2D eigenvalue weighted by Crippen LogP contribution is 2.32. The summed E-state index contributed by atoms with van der Waals surface area (Å²) in [6, 6.07) is 12.2. The van der Waals surface area contributed by atoms with Crippen LogP contribution in [-0.2, 0) is 19.1 Å². The van der Waals surface area contributed by atoms with Gasteiger partial charge in [0.1, 0.15) is 17.3 Å². The summed E-state index contributed by atoms with van der Waals surface area (Å²) < 4.78 is 12.8. The Morgan fingerprint density at radius 1 is 0.871 bits per heavy atom. The molecule has 1 aliphatic heterocycles. The second-order valence-electron chi connectivity index (χ2n) is 15.2. The summed E-state index contributed by atoms with van der Waals surface area (Å²) in [5, 5.41) is 18.7. The molecule has 7 rings (SSSR count). The molecule has 5 N–H and O–H groups in total. The van der Waals surface area contributed by atoms with Gasteiger partial charge in [-0.05, 0) is 56.5 Å². The molecule has 0 spiro atoms. The summed E-state index contributed by atoms with van der Waals surface area (Å²) >= 11 is 0. The summed E-state index contributed by atoms with van der Waals surface area (Å²) in [6.45, 7) is 7.86. The third kappa shape index (κ3) is 11.0. The van der Waals surface area contributed by atoms with Crippen molar-refractivity contribution in [2.24, 2.45) is 0 Å². The number of rotatable bonds is 19. The van der Waals surface area contributed by atoms with E-state index in [4.69, 9.17) is 14.5 Å². The second-order valence-corrected chi connectivity index (χ2v) is 15.2. The Morgan fingerprint density at radius 3 is 2.37 bits per heavy atom. The molecule has 5 aromatic rings. The fraction of sp³-hybridized carbons (Fsp3) is 0.419. The largest absolute Gasteiger partial charge is 0.379 e. The van der Waals surface area contributed by atoms with E-state index in [0.717, 1.165) is 44.5 Å². The number of nitrogens with zero attached hydrogens (tertiary/aromatic N) is 7. The van der Waals surface area contributed by atoms with Crippen molar-refractivity contribution in [3.05, 3.63) is 88.1 Å². The highest BCUT2D eigenvalue weighted by Gasteiger charge is 2.26. The zero-order valence-electron chi connectivity index (χ0n) is 34.9. The van der Waals surface area contributed by atoms with Crippen LogP contribution in [0.3, 0.4) is 0 Å². The van der Waals surface area contributed by atoms with Gasteiger partial charge in [-0.3, -0.25) is 38.5 Å². The molecule has 0 radical (unpaired) electrons. The average Bonchev–Trinajstić information content (AvgIpc) is 3.99. The smallest absolute Gasteiger partial charge is 0.263 e. The number of H-pyrrole nitrogens is 1. The monoisotopic (exact) mass is 848 g/mol. The highest BCUT2D eigenvalue weighted by molar-refractivity contribution is 6.09. The average molecular weight is 849 g/mol. The van der Waals surface area contributed by atoms with Crippen LogP contribution in [-0.4, -0.2) is 124 Å². The minimum Gasteiger partial charge on any atom is -0.379 e. The van der Waals surface area contributed by atoms with E-state index in [1.807, 2.05) is 12.1 Å². The molecule has 4 aromatic heterocycles. The molecule has 326 valence electrons. The first-order valence-electron chi connectivity index (χ1n) is 20.9. The molecule has 19 nitrogen and oxygen atoms in total. The van der Waals surface area contributed by atoms with E-state index in [9.17, 15) is 24.0 Å². The Morgan fingerprint density at radius 2 is 1.65 bits per heavy atom. The van der Waals surface area contributed by atoms with Crippen molar-refractivity contribution in [2.75, 3.05) is 86.5 Å². The number of nitrogens with one attached hydrogen (secondary N) is 5. The summed E-state index contributed by atoms with van der Waals surface area (Å²) in [5.41, 5.74) is 2.70. The molecular formula is C43H52N12O7. The number of aryl methyl sites for hydroxylation is 1. The first-order chi connectivity index (χ1) is 30.1. The molecule has 0 atom stereocenters. The second kappa shape index (κ2) is 20.8. The Labute approximate surface area is 358 Å². The number of anilines is 5. The molecule has 1 aliphatic carbocycles. The van der Waals surface area contributed by atoms with Gasteiger partial charge in [-0.2, -0.15) is 10.1 Å². The van der Waals surface area contributed by atoms with Crippen LogP contribution in [0.5, 0.6) is 0 Å². The molecule has 0 unspecified atom stereocenters. The number of fused-ring (bicyclic) bond motifs is 1. The van der Waals surface area contributed by atoms with Gasteiger partial charge in [0.15, 0.2) is 5.78 Å². The predicted molar refractivity (Wildman–Crippen MR) is 233 cm³/mol. The molecule has 2 fully saturated rings. The SMILES string of the molecule is CC(=O)c1c(C)c2cnc(Nc3ccc(N4CCN(CC(=O)NCCOCCOCCC(=O)Nc5ccccc5C(=O)Nc5ccn[nH]5)CC4)cn3)nc2n(C2CCCC2)c1=O. The van der Waals surface area contributed by atoms with Gasteiger partial charge in [-0.15, -0.1) is 0 Å². The summed E-state index contributed by atoms with van der Waals surface area (Å²) in [5.74, 6) is 0.315. The predicted octanol–water partition coefficient (Wildman–Crippen LogP) is 3.83. The minimum atomic E-state index is -0.382. The van der Waals surface area contributed by atoms with Crippen LogP contribution in [0.25, 0.3) is 11.0 Å². The molecular weight excluding hydrogens is 797 g/mol. The number of aromatic nitrogens is 6. The third-order valence-electron chi connectivity index (χ3n) is 11.0. The number of aromatic amines is 1. The molecule has 1 saturated carbocycles. The Hall–Kier alpha value is -6.57. The molecule has 19 heteroatoms. The van der Waals surface area contributed by atoms with Gasteiger partial charge in [-0.1, -0.05) is 25.0 Å². The zero-order chi connectivity index (χ0) is 43.4. The zero-order valence-corrected chi connectivity index (χ0v) is 34.9. The maximum absolute atomic E-state index is 13.5. The van der Waals surface area contributed by atoms with E-state index >= 15 is 0 Å². The normalized spacial score (nSPS) is 14.5.